The number of pyridine rings is 1. The zero-order valence-corrected chi connectivity index (χ0v) is 12.2. The Hall–Kier alpha value is -0.630. The van der Waals surface area contributed by atoms with Gasteiger partial charge in [0.2, 0.25) is 0 Å². The number of anilines is 1. The van der Waals surface area contributed by atoms with Gasteiger partial charge in [-0.3, -0.25) is 9.71 Å². The highest BCUT2D eigenvalue weighted by Crippen LogP contribution is 2.30. The van der Waals surface area contributed by atoms with Gasteiger partial charge in [-0.05, 0) is 33.4 Å². The Bertz CT molecular complexity index is 642. The lowest BCUT2D eigenvalue weighted by Crippen LogP contribution is -2.12. The van der Waals surface area contributed by atoms with Crippen molar-refractivity contribution in [1.29, 1.82) is 0 Å². The van der Waals surface area contributed by atoms with Crippen LogP contribution in [0.5, 0.6) is 0 Å². The predicted molar refractivity (Wildman–Crippen MR) is 72.1 cm³/mol. The summed E-state index contributed by atoms with van der Waals surface area (Å²) in [5.74, 6) is 0. The van der Waals surface area contributed by atoms with Crippen LogP contribution in [0.15, 0.2) is 38.6 Å². The van der Waals surface area contributed by atoms with Crippen LogP contribution in [0.2, 0.25) is 5.02 Å². The summed E-state index contributed by atoms with van der Waals surface area (Å²) in [6.07, 6.45) is 2.85. The van der Waals surface area contributed by atoms with Gasteiger partial charge in [0.25, 0.3) is 10.0 Å². The van der Waals surface area contributed by atoms with Gasteiger partial charge in [-0.15, -0.1) is 11.3 Å². The molecule has 90 valence electrons. The Morgan fingerprint density at radius 2 is 2.18 bits per heavy atom. The van der Waals surface area contributed by atoms with Crippen LogP contribution < -0.4 is 4.72 Å². The van der Waals surface area contributed by atoms with E-state index in [1.807, 2.05) is 0 Å². The van der Waals surface area contributed by atoms with Crippen LogP contribution >= 0.6 is 38.9 Å². The van der Waals surface area contributed by atoms with Gasteiger partial charge in [0.1, 0.15) is 0 Å². The number of hydrogen-bond donors (Lipinski definition) is 1. The van der Waals surface area contributed by atoms with E-state index < -0.39 is 10.0 Å². The molecule has 0 aliphatic rings. The van der Waals surface area contributed by atoms with Gasteiger partial charge in [0.05, 0.1) is 16.9 Å². The molecular formula is C9H6BrClN2O2S2. The van der Waals surface area contributed by atoms with Crippen LogP contribution in [0.3, 0.4) is 0 Å². The number of thiophene rings is 1. The van der Waals surface area contributed by atoms with Crippen LogP contribution in [-0.4, -0.2) is 13.4 Å². The minimum Gasteiger partial charge on any atom is -0.276 e. The van der Waals surface area contributed by atoms with Gasteiger partial charge in [-0.25, -0.2) is 8.42 Å². The first-order chi connectivity index (χ1) is 8.00. The Kier molecular flexibility index (Phi) is 3.72. The number of nitrogens with one attached hydrogen (secondary N) is 1. The molecule has 0 aliphatic heterocycles. The fraction of sp³-hybridized carbons (Fsp3) is 0. The molecule has 2 aromatic rings. The fourth-order valence-electron chi connectivity index (χ4n) is 1.12. The van der Waals surface area contributed by atoms with E-state index in [0.717, 1.165) is 11.3 Å². The smallest absolute Gasteiger partial charge is 0.272 e. The van der Waals surface area contributed by atoms with Crippen molar-refractivity contribution < 1.29 is 8.42 Å². The van der Waals surface area contributed by atoms with Crippen molar-refractivity contribution in [1.82, 2.24) is 4.98 Å². The molecule has 0 atom stereocenters. The van der Waals surface area contributed by atoms with Gasteiger partial charge >= 0.3 is 0 Å². The highest BCUT2D eigenvalue weighted by atomic mass is 79.9. The van der Waals surface area contributed by atoms with Gasteiger partial charge in [0, 0.05) is 10.7 Å². The standard InChI is InChI=1S/C9H6BrClN2O2S2/c10-6-2-4-16-9(6)17(14,15)13-8-5-12-3-1-7(8)11/h1-5,13H. The minimum absolute atomic E-state index is 0.206. The summed E-state index contributed by atoms with van der Waals surface area (Å²) in [5.41, 5.74) is 0.259. The van der Waals surface area contributed by atoms with Crippen LogP contribution in [0.1, 0.15) is 0 Å². The molecule has 0 fully saturated rings. The van der Waals surface area contributed by atoms with Crippen LogP contribution in [-0.2, 0) is 10.0 Å². The number of hydrogen-bond acceptors (Lipinski definition) is 4. The molecule has 17 heavy (non-hydrogen) atoms. The fourth-order valence-corrected chi connectivity index (χ4v) is 4.73. The number of halogens is 2. The van der Waals surface area contributed by atoms with Crippen LogP contribution in [0, 0.1) is 0 Å². The zero-order valence-electron chi connectivity index (χ0n) is 8.22. The average molecular weight is 354 g/mol. The summed E-state index contributed by atoms with van der Waals surface area (Å²) in [5, 5.41) is 1.99. The first-order valence-electron chi connectivity index (χ1n) is 4.36. The summed E-state index contributed by atoms with van der Waals surface area (Å²) >= 11 is 10.2. The number of nitrogens with zero attached hydrogens (tertiary/aromatic N) is 1. The van der Waals surface area contributed by atoms with E-state index in [9.17, 15) is 8.42 Å². The maximum atomic E-state index is 12.0. The Morgan fingerprint density at radius 3 is 2.76 bits per heavy atom. The molecule has 0 saturated heterocycles. The van der Waals surface area contributed by atoms with Crippen molar-refractivity contribution in [3.63, 3.8) is 0 Å². The number of rotatable bonds is 3. The van der Waals surface area contributed by atoms with E-state index in [1.165, 1.54) is 18.5 Å². The van der Waals surface area contributed by atoms with Crippen LogP contribution in [0.25, 0.3) is 0 Å². The van der Waals surface area contributed by atoms with Crippen molar-refractivity contribution in [2.45, 2.75) is 4.21 Å². The molecule has 2 rings (SSSR count). The Morgan fingerprint density at radius 1 is 1.41 bits per heavy atom. The molecule has 8 heteroatoms. The quantitative estimate of drug-likeness (QED) is 0.920. The lowest BCUT2D eigenvalue weighted by molar-refractivity contribution is 0.603. The molecular weight excluding hydrogens is 348 g/mol. The Balaban J connectivity index is 2.37. The van der Waals surface area contributed by atoms with E-state index in [2.05, 4.69) is 25.6 Å². The van der Waals surface area contributed by atoms with E-state index in [0.29, 0.717) is 9.50 Å². The van der Waals surface area contributed by atoms with Crippen molar-refractivity contribution in [3.8, 4) is 0 Å². The molecule has 1 N–H and O–H groups in total. The number of aromatic nitrogens is 1. The first-order valence-corrected chi connectivity index (χ1v) is 7.89. The van der Waals surface area contributed by atoms with Crippen molar-refractivity contribution in [2.75, 3.05) is 4.72 Å². The molecule has 0 saturated carbocycles. The monoisotopic (exact) mass is 352 g/mol. The highest BCUT2D eigenvalue weighted by Gasteiger charge is 2.20. The van der Waals surface area contributed by atoms with Gasteiger partial charge in [-0.2, -0.15) is 0 Å². The largest absolute Gasteiger partial charge is 0.276 e. The summed E-state index contributed by atoms with van der Waals surface area (Å²) in [7, 11) is -3.63. The molecule has 0 radical (unpaired) electrons. The Labute approximate surface area is 116 Å². The lowest BCUT2D eigenvalue weighted by atomic mass is 10.4. The van der Waals surface area contributed by atoms with Gasteiger partial charge in [-0.1, -0.05) is 11.6 Å². The number of sulfonamides is 1. The molecule has 0 spiro atoms. The summed E-state index contributed by atoms with van der Waals surface area (Å²) in [6.45, 7) is 0. The molecule has 2 aromatic heterocycles. The molecule has 2 heterocycles. The van der Waals surface area contributed by atoms with E-state index in [-0.39, 0.29) is 9.90 Å². The lowest BCUT2D eigenvalue weighted by Gasteiger charge is -2.07. The second-order valence-corrected chi connectivity index (χ2v) is 7.07. The van der Waals surface area contributed by atoms with Crippen molar-refractivity contribution >= 4 is 54.6 Å². The summed E-state index contributed by atoms with van der Waals surface area (Å²) < 4.78 is 27.2. The van der Waals surface area contributed by atoms with Crippen molar-refractivity contribution in [2.24, 2.45) is 0 Å². The van der Waals surface area contributed by atoms with Gasteiger partial charge < -0.3 is 0 Å². The van der Waals surface area contributed by atoms with Crippen LogP contribution in [0.4, 0.5) is 5.69 Å². The summed E-state index contributed by atoms with van der Waals surface area (Å²) in [4.78, 5) is 3.81. The SMILES string of the molecule is O=S(=O)(Nc1cnccc1Cl)c1sccc1Br. The van der Waals surface area contributed by atoms with E-state index in [1.54, 1.807) is 11.4 Å². The molecule has 0 unspecified atom stereocenters. The third kappa shape index (κ3) is 2.79. The average Bonchev–Trinajstić information content (AvgIpc) is 2.68. The molecule has 0 amide bonds. The van der Waals surface area contributed by atoms with E-state index >= 15 is 0 Å². The molecule has 4 nitrogen and oxygen atoms in total. The topological polar surface area (TPSA) is 59.1 Å². The highest BCUT2D eigenvalue weighted by molar-refractivity contribution is 9.10. The third-order valence-electron chi connectivity index (χ3n) is 1.84. The zero-order chi connectivity index (χ0) is 12.5. The van der Waals surface area contributed by atoms with E-state index in [4.69, 9.17) is 11.6 Å². The minimum atomic E-state index is -3.63. The molecule has 0 aliphatic carbocycles. The summed E-state index contributed by atoms with van der Waals surface area (Å²) in [6, 6.07) is 3.19. The predicted octanol–water partition coefficient (Wildman–Crippen LogP) is 3.36. The molecule has 0 aromatic carbocycles. The third-order valence-corrected chi connectivity index (χ3v) is 6.21. The van der Waals surface area contributed by atoms with Crippen molar-refractivity contribution in [3.05, 3.63) is 39.4 Å². The second kappa shape index (κ2) is 4.93. The maximum Gasteiger partial charge on any atom is 0.272 e. The van der Waals surface area contributed by atoms with Gasteiger partial charge in [0.15, 0.2) is 4.21 Å². The maximum absolute atomic E-state index is 12.0. The normalized spacial score (nSPS) is 11.4. The molecule has 0 bridgehead atoms. The first kappa shape index (κ1) is 12.8. The second-order valence-electron chi connectivity index (χ2n) is 3.02.